The number of fused-ring (bicyclic) bond motifs is 2. The predicted molar refractivity (Wildman–Crippen MR) is 173 cm³/mol. The molecule has 1 spiro atoms. The Morgan fingerprint density at radius 2 is 1.20 bits per heavy atom. The minimum atomic E-state index is -3.93. The Balaban J connectivity index is 1.52. The van der Waals surface area contributed by atoms with Crippen molar-refractivity contribution in [2.24, 2.45) is 11.8 Å². The van der Waals surface area contributed by atoms with Gasteiger partial charge in [-0.05, 0) is 0 Å². The second-order valence-electron chi connectivity index (χ2n) is 13.8. The molecule has 4 fully saturated rings. The normalized spacial score (nSPS) is 33.4. The Morgan fingerprint density at radius 3 is 1.68 bits per heavy atom. The third kappa shape index (κ3) is 5.02. The van der Waals surface area contributed by atoms with Crippen LogP contribution in [0.2, 0.25) is 0 Å². The van der Waals surface area contributed by atoms with Gasteiger partial charge < -0.3 is 0 Å². The molecule has 4 saturated heterocycles. The summed E-state index contributed by atoms with van der Waals surface area (Å²) in [5, 5.41) is 0. The molecule has 4 heterocycles. The van der Waals surface area contributed by atoms with Gasteiger partial charge in [-0.2, -0.15) is 0 Å². The zero-order chi connectivity index (χ0) is 30.7. The van der Waals surface area contributed by atoms with Gasteiger partial charge >= 0.3 is 267 Å². The second kappa shape index (κ2) is 11.3. The molecule has 44 heavy (non-hydrogen) atoms. The van der Waals surface area contributed by atoms with Crippen LogP contribution in [0.4, 0.5) is 0 Å². The first-order valence-corrected chi connectivity index (χ1v) is 21.9. The summed E-state index contributed by atoms with van der Waals surface area (Å²) >= 11 is -3.93. The third-order valence-electron chi connectivity index (χ3n) is 9.77. The molecule has 0 saturated carbocycles. The molecule has 0 aliphatic carbocycles. The fraction of sp³-hybridized carbons (Fsp3) is 0.459. The number of rotatable bonds is 6. The van der Waals surface area contributed by atoms with E-state index in [0.29, 0.717) is 19.1 Å². The van der Waals surface area contributed by atoms with E-state index >= 15 is 0 Å². The third-order valence-corrected chi connectivity index (χ3v) is 22.5. The first-order chi connectivity index (χ1) is 21.1. The van der Waals surface area contributed by atoms with E-state index in [9.17, 15) is 0 Å². The van der Waals surface area contributed by atoms with Crippen molar-refractivity contribution in [1.82, 2.24) is 0 Å². The molecule has 0 radical (unpaired) electrons. The van der Waals surface area contributed by atoms with Crippen LogP contribution < -0.4 is 10.7 Å². The van der Waals surface area contributed by atoms with Gasteiger partial charge in [-0.3, -0.25) is 0 Å². The van der Waals surface area contributed by atoms with Gasteiger partial charge in [0, 0.05) is 0 Å². The van der Waals surface area contributed by atoms with Crippen LogP contribution in [0, 0.1) is 11.8 Å². The molecular weight excluding hydrogens is 659 g/mol. The fourth-order valence-corrected chi connectivity index (χ4v) is 20.8. The van der Waals surface area contributed by atoms with E-state index < -0.39 is 54.1 Å². The Labute approximate surface area is 265 Å². The molecule has 6 nitrogen and oxygen atoms in total. The summed E-state index contributed by atoms with van der Waals surface area (Å²) in [7, 11) is 0. The van der Waals surface area contributed by atoms with E-state index in [1.54, 1.807) is 0 Å². The SMILES string of the molecule is CC(C)[C@H]1CO[C@]2(/C1=[CH]/[Sn]([c]1ccccc1)([c]1ccccc1)[c]1ccccc1)[C@@H](C1COC(C)(C)O1)O[C@@H]1OC(C)(C)O[C@@H]12. The zero-order valence-electron chi connectivity index (χ0n) is 26.6. The Kier molecular flexibility index (Phi) is 7.88. The van der Waals surface area contributed by atoms with E-state index in [-0.39, 0.29) is 12.0 Å². The molecule has 4 aliphatic heterocycles. The van der Waals surface area contributed by atoms with Gasteiger partial charge in [0.15, 0.2) is 0 Å². The van der Waals surface area contributed by atoms with Crippen LogP contribution in [-0.4, -0.2) is 73.4 Å². The first-order valence-electron chi connectivity index (χ1n) is 15.9. The average Bonchev–Trinajstić information content (AvgIpc) is 3.73. The predicted octanol–water partition coefficient (Wildman–Crippen LogP) is 4.69. The summed E-state index contributed by atoms with van der Waals surface area (Å²) in [6.45, 7) is 13.4. The van der Waals surface area contributed by atoms with Crippen molar-refractivity contribution in [3.8, 4) is 0 Å². The Morgan fingerprint density at radius 1 is 0.659 bits per heavy atom. The molecule has 1 unspecified atom stereocenters. The molecule has 0 N–H and O–H groups in total. The van der Waals surface area contributed by atoms with Crippen molar-refractivity contribution in [2.75, 3.05) is 13.2 Å². The Hall–Kier alpha value is -2.04. The molecule has 3 aromatic carbocycles. The molecule has 0 bridgehead atoms. The van der Waals surface area contributed by atoms with E-state index in [2.05, 4.69) is 109 Å². The van der Waals surface area contributed by atoms with Crippen LogP contribution in [0.3, 0.4) is 0 Å². The van der Waals surface area contributed by atoms with Crippen LogP contribution in [0.15, 0.2) is 101 Å². The summed E-state index contributed by atoms with van der Waals surface area (Å²) in [6.07, 6.45) is -1.82. The molecular formula is C37H44O6Sn. The summed E-state index contributed by atoms with van der Waals surface area (Å²) in [5.74, 6) is -1.02. The summed E-state index contributed by atoms with van der Waals surface area (Å²) in [6, 6.07) is 33.3. The zero-order valence-corrected chi connectivity index (χ0v) is 29.4. The van der Waals surface area contributed by atoms with Gasteiger partial charge in [-0.25, -0.2) is 0 Å². The van der Waals surface area contributed by atoms with Gasteiger partial charge in [0.1, 0.15) is 0 Å². The van der Waals surface area contributed by atoms with Gasteiger partial charge in [0.05, 0.1) is 0 Å². The fourth-order valence-electron chi connectivity index (χ4n) is 7.80. The van der Waals surface area contributed by atoms with E-state index in [1.165, 1.54) is 16.3 Å². The number of hydrogen-bond acceptors (Lipinski definition) is 6. The van der Waals surface area contributed by atoms with Gasteiger partial charge in [-0.15, -0.1) is 0 Å². The van der Waals surface area contributed by atoms with E-state index in [1.807, 2.05) is 27.7 Å². The van der Waals surface area contributed by atoms with Crippen molar-refractivity contribution in [3.05, 3.63) is 101 Å². The molecule has 7 rings (SSSR count). The van der Waals surface area contributed by atoms with E-state index in [0.717, 1.165) is 0 Å². The van der Waals surface area contributed by atoms with Crippen LogP contribution in [0.5, 0.6) is 0 Å². The van der Waals surface area contributed by atoms with E-state index in [4.69, 9.17) is 28.4 Å². The minimum absolute atomic E-state index is 0.162. The summed E-state index contributed by atoms with van der Waals surface area (Å²) in [5.41, 5.74) is 0.356. The molecule has 0 amide bonds. The van der Waals surface area contributed by atoms with Crippen molar-refractivity contribution >= 4 is 29.1 Å². The number of benzene rings is 3. The Bertz CT molecular complexity index is 1390. The molecule has 232 valence electrons. The topological polar surface area (TPSA) is 55.4 Å². The van der Waals surface area contributed by atoms with Crippen LogP contribution in [0.25, 0.3) is 0 Å². The van der Waals surface area contributed by atoms with Crippen molar-refractivity contribution in [1.29, 1.82) is 0 Å². The van der Waals surface area contributed by atoms with Crippen molar-refractivity contribution in [3.63, 3.8) is 0 Å². The summed E-state index contributed by atoms with van der Waals surface area (Å²) in [4.78, 5) is 0. The molecule has 7 heteroatoms. The standard InChI is InChI=1S/C19H29O6.3C6H5.Sn/c1-10(2)12-8-21-19(11(12)3)14(13-9-20-17(4,5)23-13)22-16-15(19)24-18(6,7)25-16;3*1-2-4-6-5-3-1;/h3,10,12-16H,8-9H2,1-2,4-7H3;3*1-5H;/t12-,13?,14-,15+,16-,19-;;;;/m1..../s1. The van der Waals surface area contributed by atoms with Gasteiger partial charge in [-0.1, -0.05) is 0 Å². The maximum absolute atomic E-state index is 7.14. The van der Waals surface area contributed by atoms with Gasteiger partial charge in [0.25, 0.3) is 0 Å². The maximum atomic E-state index is 7.14. The quantitative estimate of drug-likeness (QED) is 0.348. The second-order valence-corrected chi connectivity index (χ2v) is 24.2. The number of ether oxygens (including phenoxy) is 6. The van der Waals surface area contributed by atoms with Crippen LogP contribution in [0.1, 0.15) is 41.5 Å². The summed E-state index contributed by atoms with van der Waals surface area (Å²) < 4.78 is 46.6. The van der Waals surface area contributed by atoms with Crippen molar-refractivity contribution < 1.29 is 28.4 Å². The molecule has 3 aromatic rings. The van der Waals surface area contributed by atoms with Gasteiger partial charge in [0.2, 0.25) is 0 Å². The molecule has 6 atom stereocenters. The van der Waals surface area contributed by atoms with Crippen LogP contribution >= 0.6 is 0 Å². The number of hydrogen-bond donors (Lipinski definition) is 0. The monoisotopic (exact) mass is 704 g/mol. The molecule has 0 aromatic heterocycles. The van der Waals surface area contributed by atoms with Crippen LogP contribution in [-0.2, 0) is 28.4 Å². The van der Waals surface area contributed by atoms with Crippen molar-refractivity contribution in [2.45, 2.75) is 83.3 Å². The average molecular weight is 703 g/mol. The molecule has 4 aliphatic rings. The first kappa shape index (κ1) is 30.6.